The molecule has 0 spiro atoms. The van der Waals surface area contributed by atoms with Gasteiger partial charge in [0.2, 0.25) is 0 Å². The lowest BCUT2D eigenvalue weighted by Gasteiger charge is -2.38. The molecule has 0 aliphatic carbocycles. The third-order valence-corrected chi connectivity index (χ3v) is 4.36. The predicted molar refractivity (Wildman–Crippen MR) is 85.5 cm³/mol. The van der Waals surface area contributed by atoms with E-state index in [1.165, 1.54) is 5.56 Å². The summed E-state index contributed by atoms with van der Waals surface area (Å²) in [6, 6.07) is 6.78. The molecular formula is C17H25N3O. The second kappa shape index (κ2) is 5.78. The summed E-state index contributed by atoms with van der Waals surface area (Å²) in [6.07, 6.45) is 1.62. The molecule has 0 amide bonds. The number of hydrogen-bond acceptors (Lipinski definition) is 3. The zero-order valence-corrected chi connectivity index (χ0v) is 13.4. The Morgan fingerprint density at radius 3 is 2.71 bits per heavy atom. The number of benzene rings is 1. The quantitative estimate of drug-likeness (QED) is 0.941. The van der Waals surface area contributed by atoms with E-state index in [1.807, 2.05) is 0 Å². The van der Waals surface area contributed by atoms with Crippen LogP contribution in [0.15, 0.2) is 18.2 Å². The van der Waals surface area contributed by atoms with Gasteiger partial charge in [0, 0.05) is 13.1 Å². The van der Waals surface area contributed by atoms with Crippen LogP contribution in [0, 0.1) is 0 Å². The van der Waals surface area contributed by atoms with Crippen LogP contribution in [0.1, 0.15) is 45.1 Å². The molecule has 1 N–H and O–H groups in total. The minimum atomic E-state index is 0.285. The Bertz CT molecular complexity index is 612. The first kappa shape index (κ1) is 14.5. The number of nitrogens with zero attached hydrogens (tertiary/aromatic N) is 2. The highest BCUT2D eigenvalue weighted by Crippen LogP contribution is 2.25. The van der Waals surface area contributed by atoms with Crippen LogP contribution in [-0.2, 0) is 11.2 Å². The molecule has 3 atom stereocenters. The summed E-state index contributed by atoms with van der Waals surface area (Å²) < 4.78 is 5.82. The minimum Gasteiger partial charge on any atom is -0.373 e. The van der Waals surface area contributed by atoms with E-state index in [9.17, 15) is 0 Å². The maximum Gasteiger partial charge on any atom is 0.124 e. The second-order valence-electron chi connectivity index (χ2n) is 6.21. The molecule has 0 saturated carbocycles. The zero-order valence-electron chi connectivity index (χ0n) is 13.4. The fraction of sp³-hybridized carbons (Fsp3) is 0.588. The molecular weight excluding hydrogens is 262 g/mol. The van der Waals surface area contributed by atoms with Crippen molar-refractivity contribution in [3.05, 3.63) is 29.6 Å². The van der Waals surface area contributed by atoms with Crippen LogP contribution < -0.4 is 0 Å². The summed E-state index contributed by atoms with van der Waals surface area (Å²) in [7, 11) is 0. The van der Waals surface area contributed by atoms with E-state index in [2.05, 4.69) is 55.8 Å². The molecule has 2 heterocycles. The molecule has 0 radical (unpaired) electrons. The third kappa shape index (κ3) is 2.97. The number of hydrogen-bond donors (Lipinski definition) is 1. The smallest absolute Gasteiger partial charge is 0.124 e. The molecule has 4 nitrogen and oxygen atoms in total. The highest BCUT2D eigenvalue weighted by Gasteiger charge is 2.27. The van der Waals surface area contributed by atoms with E-state index < -0.39 is 0 Å². The summed E-state index contributed by atoms with van der Waals surface area (Å²) >= 11 is 0. The molecule has 1 aliphatic heterocycles. The summed E-state index contributed by atoms with van der Waals surface area (Å²) in [5.41, 5.74) is 3.55. The number of aromatic nitrogens is 2. The van der Waals surface area contributed by atoms with E-state index >= 15 is 0 Å². The van der Waals surface area contributed by atoms with Crippen molar-refractivity contribution < 1.29 is 4.74 Å². The molecule has 114 valence electrons. The Kier molecular flexibility index (Phi) is 4.00. The molecule has 0 bridgehead atoms. The summed E-state index contributed by atoms with van der Waals surface area (Å²) in [5, 5.41) is 0. The molecule has 1 aromatic carbocycles. The van der Waals surface area contributed by atoms with Crippen molar-refractivity contribution in [3.8, 4) is 0 Å². The standard InChI is InChI=1S/C17H25N3O/c1-5-14-6-7-15-16(8-14)19-17(18-15)13(4)20-9-11(2)21-12(3)10-20/h6-8,11-13H,5,9-10H2,1-4H3,(H,18,19). The van der Waals surface area contributed by atoms with Crippen molar-refractivity contribution in [1.29, 1.82) is 0 Å². The van der Waals surface area contributed by atoms with Crippen LogP contribution >= 0.6 is 0 Å². The first-order valence-corrected chi connectivity index (χ1v) is 7.95. The van der Waals surface area contributed by atoms with Crippen molar-refractivity contribution in [2.24, 2.45) is 0 Å². The average molecular weight is 287 g/mol. The van der Waals surface area contributed by atoms with E-state index in [-0.39, 0.29) is 18.2 Å². The van der Waals surface area contributed by atoms with E-state index in [1.54, 1.807) is 0 Å². The van der Waals surface area contributed by atoms with Gasteiger partial charge in [0.15, 0.2) is 0 Å². The van der Waals surface area contributed by atoms with Crippen LogP contribution in [-0.4, -0.2) is 40.2 Å². The van der Waals surface area contributed by atoms with Gasteiger partial charge < -0.3 is 9.72 Å². The first-order chi connectivity index (χ1) is 10.1. The molecule has 1 fully saturated rings. The number of aromatic amines is 1. The largest absolute Gasteiger partial charge is 0.373 e. The Morgan fingerprint density at radius 2 is 2.05 bits per heavy atom. The Hall–Kier alpha value is -1.39. The molecule has 3 unspecified atom stereocenters. The van der Waals surface area contributed by atoms with Gasteiger partial charge in [0.1, 0.15) is 5.82 Å². The minimum absolute atomic E-state index is 0.285. The zero-order chi connectivity index (χ0) is 15.0. The van der Waals surface area contributed by atoms with Crippen LogP contribution in [0.25, 0.3) is 11.0 Å². The number of nitrogens with one attached hydrogen (secondary N) is 1. The summed E-state index contributed by atoms with van der Waals surface area (Å²) in [4.78, 5) is 10.7. The number of rotatable bonds is 3. The maximum absolute atomic E-state index is 5.82. The molecule has 3 rings (SSSR count). The van der Waals surface area contributed by atoms with Gasteiger partial charge in [-0.15, -0.1) is 0 Å². The van der Waals surface area contributed by atoms with Crippen LogP contribution in [0.2, 0.25) is 0 Å². The van der Waals surface area contributed by atoms with Gasteiger partial charge in [-0.25, -0.2) is 4.98 Å². The number of ether oxygens (including phenoxy) is 1. The van der Waals surface area contributed by atoms with Crippen molar-refractivity contribution in [2.75, 3.05) is 13.1 Å². The molecule has 21 heavy (non-hydrogen) atoms. The van der Waals surface area contributed by atoms with Gasteiger partial charge in [0.05, 0.1) is 29.3 Å². The SMILES string of the molecule is CCc1ccc2nc(C(C)N3CC(C)OC(C)C3)[nH]c2c1. The van der Waals surface area contributed by atoms with Crippen molar-refractivity contribution in [3.63, 3.8) is 0 Å². The Morgan fingerprint density at radius 1 is 1.33 bits per heavy atom. The van der Waals surface area contributed by atoms with Gasteiger partial charge in [0.25, 0.3) is 0 Å². The molecule has 1 aliphatic rings. The third-order valence-electron chi connectivity index (χ3n) is 4.36. The van der Waals surface area contributed by atoms with Gasteiger partial charge in [-0.1, -0.05) is 13.0 Å². The van der Waals surface area contributed by atoms with E-state index in [4.69, 9.17) is 9.72 Å². The fourth-order valence-electron chi connectivity index (χ4n) is 3.20. The molecule has 2 aromatic rings. The van der Waals surface area contributed by atoms with Crippen molar-refractivity contribution in [1.82, 2.24) is 14.9 Å². The highest BCUT2D eigenvalue weighted by atomic mass is 16.5. The number of aryl methyl sites for hydroxylation is 1. The normalized spacial score (nSPS) is 25.3. The first-order valence-electron chi connectivity index (χ1n) is 7.95. The number of morpholine rings is 1. The lowest BCUT2D eigenvalue weighted by atomic mass is 10.1. The molecule has 1 saturated heterocycles. The van der Waals surface area contributed by atoms with Gasteiger partial charge in [-0.2, -0.15) is 0 Å². The summed E-state index contributed by atoms with van der Waals surface area (Å²) in [6.45, 7) is 10.6. The van der Waals surface area contributed by atoms with Gasteiger partial charge in [-0.3, -0.25) is 4.90 Å². The topological polar surface area (TPSA) is 41.2 Å². The molecule has 4 heteroatoms. The number of imidazole rings is 1. The van der Waals surface area contributed by atoms with E-state index in [0.717, 1.165) is 36.4 Å². The summed E-state index contributed by atoms with van der Waals surface area (Å²) in [5.74, 6) is 1.06. The van der Waals surface area contributed by atoms with Crippen LogP contribution in [0.4, 0.5) is 0 Å². The number of fused-ring (bicyclic) bond motifs is 1. The maximum atomic E-state index is 5.82. The predicted octanol–water partition coefficient (Wildman–Crippen LogP) is 3.30. The van der Waals surface area contributed by atoms with E-state index in [0.29, 0.717) is 0 Å². The fourth-order valence-corrected chi connectivity index (χ4v) is 3.20. The lowest BCUT2D eigenvalue weighted by Crippen LogP contribution is -2.46. The average Bonchev–Trinajstić information content (AvgIpc) is 2.88. The van der Waals surface area contributed by atoms with Crippen LogP contribution in [0.5, 0.6) is 0 Å². The molecule has 1 aromatic heterocycles. The van der Waals surface area contributed by atoms with Crippen LogP contribution in [0.3, 0.4) is 0 Å². The lowest BCUT2D eigenvalue weighted by molar-refractivity contribution is -0.0797. The highest BCUT2D eigenvalue weighted by molar-refractivity contribution is 5.76. The second-order valence-corrected chi connectivity index (χ2v) is 6.21. The monoisotopic (exact) mass is 287 g/mol. The van der Waals surface area contributed by atoms with Crippen molar-refractivity contribution in [2.45, 2.75) is 52.4 Å². The van der Waals surface area contributed by atoms with Gasteiger partial charge in [-0.05, 0) is 44.9 Å². The number of H-pyrrole nitrogens is 1. The Balaban J connectivity index is 1.85. The van der Waals surface area contributed by atoms with Crippen molar-refractivity contribution >= 4 is 11.0 Å². The van der Waals surface area contributed by atoms with Gasteiger partial charge >= 0.3 is 0 Å². The Labute approximate surface area is 126 Å².